The maximum absolute atomic E-state index is 12.2. The van der Waals surface area contributed by atoms with Gasteiger partial charge in [-0.05, 0) is 49.8 Å². The molecule has 7 heteroatoms. The van der Waals surface area contributed by atoms with E-state index in [1.807, 2.05) is 19.1 Å². The van der Waals surface area contributed by atoms with Crippen molar-refractivity contribution >= 4 is 46.8 Å². The van der Waals surface area contributed by atoms with Crippen LogP contribution in [0.2, 0.25) is 10.0 Å². The zero-order chi connectivity index (χ0) is 19.8. The van der Waals surface area contributed by atoms with Crippen LogP contribution in [0.15, 0.2) is 48.5 Å². The fraction of sp³-hybridized carbons (Fsp3) is 0.200. The molecule has 0 spiro atoms. The largest absolute Gasteiger partial charge is 0.494 e. The molecule has 0 saturated heterocycles. The lowest BCUT2D eigenvalue weighted by molar-refractivity contribution is -0.148. The van der Waals surface area contributed by atoms with Gasteiger partial charge >= 0.3 is 5.97 Å². The first-order chi connectivity index (χ1) is 12.9. The third-order valence-electron chi connectivity index (χ3n) is 3.47. The van der Waals surface area contributed by atoms with Gasteiger partial charge in [-0.15, -0.1) is 0 Å². The zero-order valence-electron chi connectivity index (χ0n) is 14.9. The molecule has 5 nitrogen and oxygen atoms in total. The molecule has 0 heterocycles. The predicted molar refractivity (Wildman–Crippen MR) is 107 cm³/mol. The number of hydrogen-bond donors (Lipinski definition) is 1. The molecule has 0 aliphatic rings. The van der Waals surface area contributed by atoms with E-state index in [0.29, 0.717) is 17.3 Å². The van der Waals surface area contributed by atoms with Crippen molar-refractivity contribution in [2.45, 2.75) is 20.0 Å². The Hall–Kier alpha value is -2.50. The summed E-state index contributed by atoms with van der Waals surface area (Å²) >= 11 is 11.9. The number of halogens is 2. The Morgan fingerprint density at radius 1 is 1.15 bits per heavy atom. The molecule has 2 aromatic rings. The van der Waals surface area contributed by atoms with Crippen molar-refractivity contribution in [3.8, 4) is 5.75 Å². The molecular weight excluding hydrogens is 389 g/mol. The van der Waals surface area contributed by atoms with Crippen LogP contribution in [-0.2, 0) is 14.3 Å². The zero-order valence-corrected chi connectivity index (χ0v) is 16.4. The minimum atomic E-state index is -1.00. The van der Waals surface area contributed by atoms with Crippen molar-refractivity contribution in [2.75, 3.05) is 11.9 Å². The minimum Gasteiger partial charge on any atom is -0.494 e. The number of hydrogen-bond acceptors (Lipinski definition) is 4. The lowest BCUT2D eigenvalue weighted by Crippen LogP contribution is -2.29. The van der Waals surface area contributed by atoms with Crippen molar-refractivity contribution in [1.82, 2.24) is 0 Å². The van der Waals surface area contributed by atoms with Crippen molar-refractivity contribution in [1.29, 1.82) is 0 Å². The van der Waals surface area contributed by atoms with Crippen LogP contribution in [0.1, 0.15) is 19.4 Å². The van der Waals surface area contributed by atoms with E-state index in [9.17, 15) is 9.59 Å². The second-order valence-electron chi connectivity index (χ2n) is 5.51. The van der Waals surface area contributed by atoms with Crippen LogP contribution in [0, 0.1) is 0 Å². The monoisotopic (exact) mass is 407 g/mol. The van der Waals surface area contributed by atoms with Crippen molar-refractivity contribution in [3.05, 3.63) is 64.1 Å². The van der Waals surface area contributed by atoms with Crippen LogP contribution < -0.4 is 10.1 Å². The first kappa shape index (κ1) is 20.8. The Bertz CT molecular complexity index is 834. The van der Waals surface area contributed by atoms with E-state index in [1.165, 1.54) is 13.0 Å². The van der Waals surface area contributed by atoms with Gasteiger partial charge in [-0.3, -0.25) is 4.79 Å². The molecule has 1 unspecified atom stereocenters. The Kier molecular flexibility index (Phi) is 7.70. The predicted octanol–water partition coefficient (Wildman–Crippen LogP) is 4.98. The maximum Gasteiger partial charge on any atom is 0.331 e. The van der Waals surface area contributed by atoms with E-state index in [0.717, 1.165) is 11.3 Å². The molecule has 2 rings (SSSR count). The molecule has 0 radical (unpaired) electrons. The molecule has 0 aliphatic carbocycles. The summed E-state index contributed by atoms with van der Waals surface area (Å²) in [6.07, 6.45) is 1.85. The van der Waals surface area contributed by atoms with Crippen molar-refractivity contribution < 1.29 is 19.1 Å². The summed E-state index contributed by atoms with van der Waals surface area (Å²) in [7, 11) is 0. The normalized spacial score (nSPS) is 11.9. The molecule has 0 saturated carbocycles. The van der Waals surface area contributed by atoms with Crippen LogP contribution in [0.25, 0.3) is 6.08 Å². The molecular formula is C20H19Cl2NO4. The number of esters is 1. The quantitative estimate of drug-likeness (QED) is 0.519. The highest BCUT2D eigenvalue weighted by atomic mass is 35.5. The molecule has 0 bridgehead atoms. The number of nitrogens with one attached hydrogen (secondary N) is 1. The molecule has 1 N–H and O–H groups in total. The molecule has 27 heavy (non-hydrogen) atoms. The third-order valence-corrected chi connectivity index (χ3v) is 4.29. The molecule has 0 aromatic heterocycles. The summed E-state index contributed by atoms with van der Waals surface area (Å²) in [5, 5.41) is 3.12. The molecule has 1 amide bonds. The van der Waals surface area contributed by atoms with Gasteiger partial charge in [0.1, 0.15) is 5.75 Å². The lowest BCUT2D eigenvalue weighted by atomic mass is 10.2. The highest BCUT2D eigenvalue weighted by Crippen LogP contribution is 2.29. The molecule has 0 fully saturated rings. The second-order valence-corrected chi connectivity index (χ2v) is 6.29. The summed E-state index contributed by atoms with van der Waals surface area (Å²) in [4.78, 5) is 24.1. The van der Waals surface area contributed by atoms with Crippen LogP contribution in [0.4, 0.5) is 5.69 Å². The van der Waals surface area contributed by atoms with E-state index in [1.54, 1.807) is 36.4 Å². The molecule has 0 aliphatic heterocycles. The molecule has 2 aromatic carbocycles. The molecule has 1 atom stereocenters. The summed E-state index contributed by atoms with van der Waals surface area (Å²) in [6.45, 7) is 3.96. The molecule has 142 valence electrons. The van der Waals surface area contributed by atoms with Gasteiger partial charge in [-0.25, -0.2) is 4.79 Å². The standard InChI is InChI=1S/C20H19Cl2NO4/c1-3-26-15-10-7-14(8-11-15)9-12-18(24)27-13(2)20(25)23-17-6-4-5-16(21)19(17)22/h4-13H,3H2,1-2H3,(H,23,25)/b12-9+. The summed E-state index contributed by atoms with van der Waals surface area (Å²) in [6, 6.07) is 12.1. The van der Waals surface area contributed by atoms with Crippen molar-refractivity contribution in [3.63, 3.8) is 0 Å². The first-order valence-corrected chi connectivity index (χ1v) is 9.02. The van der Waals surface area contributed by atoms with E-state index in [2.05, 4.69) is 5.32 Å². The van der Waals surface area contributed by atoms with E-state index >= 15 is 0 Å². The number of benzene rings is 2. The summed E-state index contributed by atoms with van der Waals surface area (Å²) < 4.78 is 10.5. The SMILES string of the molecule is CCOc1ccc(/C=C/C(=O)OC(C)C(=O)Nc2cccc(Cl)c2Cl)cc1. The average molecular weight is 408 g/mol. The Labute approximate surface area is 167 Å². The number of amides is 1. The van der Waals surface area contributed by atoms with Crippen LogP contribution in [0.5, 0.6) is 5.75 Å². The van der Waals surface area contributed by atoms with Gasteiger partial charge in [0, 0.05) is 6.08 Å². The number of carbonyl (C=O) groups excluding carboxylic acids is 2. The van der Waals surface area contributed by atoms with Crippen LogP contribution in [-0.4, -0.2) is 24.6 Å². The Morgan fingerprint density at radius 2 is 1.85 bits per heavy atom. The number of rotatable bonds is 7. The number of carbonyl (C=O) groups is 2. The third kappa shape index (κ3) is 6.31. The Balaban J connectivity index is 1.90. The van der Waals surface area contributed by atoms with Crippen molar-refractivity contribution in [2.24, 2.45) is 0 Å². The highest BCUT2D eigenvalue weighted by molar-refractivity contribution is 6.44. The highest BCUT2D eigenvalue weighted by Gasteiger charge is 2.18. The van der Waals surface area contributed by atoms with E-state index < -0.39 is 18.0 Å². The fourth-order valence-electron chi connectivity index (χ4n) is 2.11. The van der Waals surface area contributed by atoms with Crippen LogP contribution >= 0.6 is 23.2 Å². The van der Waals surface area contributed by atoms with E-state index in [4.69, 9.17) is 32.7 Å². The van der Waals surface area contributed by atoms with Gasteiger partial charge in [0.2, 0.25) is 0 Å². The second kappa shape index (κ2) is 10.00. The van der Waals surface area contributed by atoms with Gasteiger partial charge in [0.05, 0.1) is 22.3 Å². The van der Waals surface area contributed by atoms with Crippen LogP contribution in [0.3, 0.4) is 0 Å². The Morgan fingerprint density at radius 3 is 2.52 bits per heavy atom. The van der Waals surface area contributed by atoms with Gasteiger partial charge < -0.3 is 14.8 Å². The fourth-order valence-corrected chi connectivity index (χ4v) is 2.46. The van der Waals surface area contributed by atoms with E-state index in [-0.39, 0.29) is 5.02 Å². The van der Waals surface area contributed by atoms with Gasteiger partial charge in [-0.2, -0.15) is 0 Å². The smallest absolute Gasteiger partial charge is 0.331 e. The topological polar surface area (TPSA) is 64.6 Å². The summed E-state index contributed by atoms with van der Waals surface area (Å²) in [5.74, 6) is -0.395. The minimum absolute atomic E-state index is 0.224. The van der Waals surface area contributed by atoms with Gasteiger partial charge in [0.25, 0.3) is 5.91 Å². The van der Waals surface area contributed by atoms with Gasteiger partial charge in [-0.1, -0.05) is 41.4 Å². The maximum atomic E-state index is 12.2. The first-order valence-electron chi connectivity index (χ1n) is 8.27. The summed E-state index contributed by atoms with van der Waals surface area (Å²) in [5.41, 5.74) is 1.15. The number of ether oxygens (including phenoxy) is 2. The number of anilines is 1. The average Bonchev–Trinajstić information content (AvgIpc) is 2.65. The lowest BCUT2D eigenvalue weighted by Gasteiger charge is -2.13. The van der Waals surface area contributed by atoms with Gasteiger partial charge in [0.15, 0.2) is 6.10 Å².